The van der Waals surface area contributed by atoms with Crippen LogP contribution in [-0.4, -0.2) is 103 Å². The molecule has 0 amide bonds. The molecule has 0 aliphatic carbocycles. The molecule has 0 spiro atoms. The summed E-state index contributed by atoms with van der Waals surface area (Å²) >= 11 is 1.74. The van der Waals surface area contributed by atoms with Crippen molar-refractivity contribution >= 4 is 34.6 Å². The molecule has 40 heavy (non-hydrogen) atoms. The minimum Gasteiger partial charge on any atom is -0.496 e. The van der Waals surface area contributed by atoms with Gasteiger partial charge in [0.2, 0.25) is 5.95 Å². The number of benzene rings is 1. The van der Waals surface area contributed by atoms with E-state index in [1.165, 1.54) is 0 Å². The van der Waals surface area contributed by atoms with Crippen LogP contribution in [0.1, 0.15) is 19.4 Å². The molecule has 5 rings (SSSR count). The Kier molecular flexibility index (Phi) is 9.92. The minimum absolute atomic E-state index is 0.105. The summed E-state index contributed by atoms with van der Waals surface area (Å²) in [5.74, 6) is 4.15. The van der Waals surface area contributed by atoms with Crippen LogP contribution in [0, 0.1) is 0 Å². The molecular weight excluding hydrogens is 528 g/mol. The van der Waals surface area contributed by atoms with Crippen molar-refractivity contribution in [1.82, 2.24) is 20.3 Å². The summed E-state index contributed by atoms with van der Waals surface area (Å²) in [5, 5.41) is 13.4. The first-order valence-electron chi connectivity index (χ1n) is 14.0. The van der Waals surface area contributed by atoms with Gasteiger partial charge in [0.1, 0.15) is 11.6 Å². The van der Waals surface area contributed by atoms with Crippen molar-refractivity contribution in [3.63, 3.8) is 0 Å². The number of rotatable bonds is 11. The van der Waals surface area contributed by atoms with E-state index in [-0.39, 0.29) is 18.8 Å². The molecule has 2 atom stereocenters. The number of thioether (sulfide) groups is 1. The Bertz CT molecular complexity index is 1260. The van der Waals surface area contributed by atoms with Crippen LogP contribution < -0.4 is 19.9 Å². The highest BCUT2D eigenvalue weighted by molar-refractivity contribution is 7.99. The summed E-state index contributed by atoms with van der Waals surface area (Å²) in [4.78, 5) is 19.6. The molecule has 2 saturated heterocycles. The number of ether oxygens (including phenoxy) is 3. The zero-order chi connectivity index (χ0) is 27.9. The highest BCUT2D eigenvalue weighted by Gasteiger charge is 2.26. The SMILES string of the molecule is COc1ccc(-c2ccc3c(N4CCOCC4)nc(N4CC(C)OC(C)C4)nc3n2)cc1CNCCSCCO. The molecule has 2 aliphatic rings. The first kappa shape index (κ1) is 28.8. The summed E-state index contributed by atoms with van der Waals surface area (Å²) < 4.78 is 17.2. The molecule has 2 unspecified atom stereocenters. The van der Waals surface area contributed by atoms with Gasteiger partial charge in [0, 0.05) is 61.9 Å². The van der Waals surface area contributed by atoms with Crippen molar-refractivity contribution in [1.29, 1.82) is 0 Å². The highest BCUT2D eigenvalue weighted by atomic mass is 32.2. The monoisotopic (exact) mass is 568 g/mol. The van der Waals surface area contributed by atoms with Gasteiger partial charge in [-0.1, -0.05) is 0 Å². The molecule has 2 N–H and O–H groups in total. The van der Waals surface area contributed by atoms with Gasteiger partial charge in [-0.05, 0) is 44.2 Å². The van der Waals surface area contributed by atoms with Crippen molar-refractivity contribution < 1.29 is 19.3 Å². The Morgan fingerprint density at radius 3 is 2.58 bits per heavy atom. The molecular formula is C29H40N6O4S. The molecule has 0 bridgehead atoms. The van der Waals surface area contributed by atoms with Crippen molar-refractivity contribution in [2.45, 2.75) is 32.6 Å². The highest BCUT2D eigenvalue weighted by Crippen LogP contribution is 2.31. The van der Waals surface area contributed by atoms with E-state index in [1.807, 2.05) is 12.1 Å². The summed E-state index contributed by atoms with van der Waals surface area (Å²) in [6, 6.07) is 10.3. The van der Waals surface area contributed by atoms with Gasteiger partial charge in [-0.3, -0.25) is 0 Å². The summed E-state index contributed by atoms with van der Waals surface area (Å²) in [7, 11) is 1.70. The summed E-state index contributed by atoms with van der Waals surface area (Å²) in [6.07, 6.45) is 0.211. The Morgan fingerprint density at radius 1 is 1.02 bits per heavy atom. The maximum atomic E-state index is 8.97. The molecule has 3 aromatic rings. The van der Waals surface area contributed by atoms with E-state index in [0.717, 1.165) is 78.0 Å². The van der Waals surface area contributed by atoms with Crippen molar-refractivity contribution in [2.24, 2.45) is 0 Å². The normalized spacial score (nSPS) is 19.8. The Balaban J connectivity index is 1.46. The fourth-order valence-electron chi connectivity index (χ4n) is 5.25. The van der Waals surface area contributed by atoms with Gasteiger partial charge in [-0.25, -0.2) is 4.98 Å². The number of hydrogen-bond donors (Lipinski definition) is 2. The number of aliphatic hydroxyl groups excluding tert-OH is 1. The lowest BCUT2D eigenvalue weighted by atomic mass is 10.1. The van der Waals surface area contributed by atoms with Crippen LogP contribution >= 0.6 is 11.8 Å². The quantitative estimate of drug-likeness (QED) is 0.334. The van der Waals surface area contributed by atoms with Gasteiger partial charge in [-0.2, -0.15) is 21.7 Å². The lowest BCUT2D eigenvalue weighted by Crippen LogP contribution is -2.46. The van der Waals surface area contributed by atoms with Crippen LogP contribution in [0.2, 0.25) is 0 Å². The number of hydrogen-bond acceptors (Lipinski definition) is 11. The number of methoxy groups -OCH3 is 1. The summed E-state index contributed by atoms with van der Waals surface area (Å²) in [6.45, 7) is 10.4. The largest absolute Gasteiger partial charge is 0.496 e. The second kappa shape index (κ2) is 13.8. The Hall–Kier alpha value is -2.70. The number of nitrogens with one attached hydrogen (secondary N) is 1. The Morgan fingerprint density at radius 2 is 1.82 bits per heavy atom. The molecule has 216 valence electrons. The molecule has 1 aromatic carbocycles. The average Bonchev–Trinajstić information content (AvgIpc) is 2.98. The predicted octanol–water partition coefficient (Wildman–Crippen LogP) is 2.97. The molecule has 10 nitrogen and oxygen atoms in total. The number of nitrogens with zero attached hydrogens (tertiary/aromatic N) is 5. The van der Waals surface area contributed by atoms with Crippen LogP contribution in [0.25, 0.3) is 22.3 Å². The van der Waals surface area contributed by atoms with Gasteiger partial charge in [0.25, 0.3) is 0 Å². The van der Waals surface area contributed by atoms with E-state index in [9.17, 15) is 0 Å². The van der Waals surface area contributed by atoms with E-state index in [4.69, 9.17) is 34.3 Å². The fourth-order valence-corrected chi connectivity index (χ4v) is 5.87. The standard InChI is InChI=1S/C29H40N6O4S/c1-20-18-35(19-21(2)39-20)29-32-27-24(28(33-29)34-9-12-38-13-10-34)5-6-25(31-27)22-4-7-26(37-3)23(16-22)17-30-8-14-40-15-11-36/h4-7,16,20-21,30,36H,8-15,17-19H2,1-3H3. The third-order valence-electron chi connectivity index (χ3n) is 7.09. The number of morpholine rings is 2. The van der Waals surface area contributed by atoms with E-state index in [0.29, 0.717) is 31.4 Å². The number of pyridine rings is 1. The second-order valence-electron chi connectivity index (χ2n) is 10.2. The first-order chi connectivity index (χ1) is 19.6. The maximum absolute atomic E-state index is 8.97. The van der Waals surface area contributed by atoms with E-state index in [1.54, 1.807) is 18.9 Å². The van der Waals surface area contributed by atoms with E-state index < -0.39 is 0 Å². The zero-order valence-corrected chi connectivity index (χ0v) is 24.5. The third kappa shape index (κ3) is 6.95. The number of fused-ring (bicyclic) bond motifs is 1. The maximum Gasteiger partial charge on any atom is 0.229 e. The van der Waals surface area contributed by atoms with Crippen LogP contribution in [0.3, 0.4) is 0 Å². The lowest BCUT2D eigenvalue weighted by Gasteiger charge is -2.36. The van der Waals surface area contributed by atoms with Crippen molar-refractivity contribution in [3.8, 4) is 17.0 Å². The van der Waals surface area contributed by atoms with E-state index >= 15 is 0 Å². The van der Waals surface area contributed by atoms with Crippen LogP contribution in [0.5, 0.6) is 5.75 Å². The molecule has 2 aliphatic heterocycles. The second-order valence-corrected chi connectivity index (χ2v) is 11.4. The average molecular weight is 569 g/mol. The summed E-state index contributed by atoms with van der Waals surface area (Å²) in [5.41, 5.74) is 3.63. The first-order valence-corrected chi connectivity index (χ1v) is 15.2. The zero-order valence-electron chi connectivity index (χ0n) is 23.6. The molecule has 11 heteroatoms. The van der Waals surface area contributed by atoms with Crippen LogP contribution in [-0.2, 0) is 16.0 Å². The topological polar surface area (TPSA) is 105 Å². The number of aliphatic hydroxyl groups is 1. The number of anilines is 2. The smallest absolute Gasteiger partial charge is 0.229 e. The number of aromatic nitrogens is 3. The molecule has 0 radical (unpaired) electrons. The van der Waals surface area contributed by atoms with Crippen molar-refractivity contribution in [3.05, 3.63) is 35.9 Å². The van der Waals surface area contributed by atoms with Crippen molar-refractivity contribution in [2.75, 3.05) is 81.0 Å². The van der Waals surface area contributed by atoms with Gasteiger partial charge in [-0.15, -0.1) is 0 Å². The molecule has 0 saturated carbocycles. The fraction of sp³-hybridized carbons (Fsp3) is 0.552. The predicted molar refractivity (Wildman–Crippen MR) is 161 cm³/mol. The third-order valence-corrected chi connectivity index (χ3v) is 8.06. The minimum atomic E-state index is 0.105. The van der Waals surface area contributed by atoms with Crippen LogP contribution in [0.4, 0.5) is 11.8 Å². The van der Waals surface area contributed by atoms with Gasteiger partial charge < -0.3 is 34.4 Å². The molecule has 2 aromatic heterocycles. The van der Waals surface area contributed by atoms with E-state index in [2.05, 4.69) is 47.2 Å². The lowest BCUT2D eigenvalue weighted by molar-refractivity contribution is -0.00570. The van der Waals surface area contributed by atoms with Gasteiger partial charge in [0.05, 0.1) is 50.2 Å². The molecule has 2 fully saturated rings. The molecule has 4 heterocycles. The van der Waals surface area contributed by atoms with Gasteiger partial charge in [0.15, 0.2) is 5.65 Å². The van der Waals surface area contributed by atoms with Gasteiger partial charge >= 0.3 is 0 Å². The van der Waals surface area contributed by atoms with Crippen LogP contribution in [0.15, 0.2) is 30.3 Å². The Labute approximate surface area is 240 Å².